The molecule has 2 aliphatic heterocycles. The fraction of sp³-hybridized carbons (Fsp3) is 0.778. The van der Waals surface area contributed by atoms with Gasteiger partial charge in [0, 0.05) is 32.5 Å². The molecule has 2 saturated heterocycles. The molecule has 0 spiro atoms. The Morgan fingerprint density at radius 1 is 0.531 bits per heavy atom. The highest BCUT2D eigenvalue weighted by Crippen LogP contribution is 2.23. The normalized spacial score (nSPS) is 28.2. The smallest absolute Gasteiger partial charge is 0.248 e. The molecule has 0 unspecified atom stereocenters. The van der Waals surface area contributed by atoms with Gasteiger partial charge in [0.1, 0.15) is 66.5 Å². The van der Waals surface area contributed by atoms with Gasteiger partial charge < -0.3 is 100.0 Å². The average Bonchev–Trinajstić information content (AvgIpc) is 1.22. The third kappa shape index (κ3) is 25.1. The van der Waals surface area contributed by atoms with E-state index in [2.05, 4.69) is 53.2 Å². The standard InChI is InChI=1S/C63H110N14O19/c1-16-18-19-21-36-27-41(81)70-42(29(5)6)56(89)74-45(49(82)30(7)8)58(91)66-33(12)53(86)73-46(50(83)31(9)10)59(92)68-37(23-24-40(64)80)62(95)76(15)48(32(11)17-2)61(94)75-47(51(84)52(65)85)60(93)72-44(35(14)79)63(96)77-25-20-22-39(77)55(88)69-38(26-28(3)4)54(87)71-43(34(13)78)57(90)67-36/h28-39,42-51,78-79,82-84H,16-27H2,1-15H3,(H2,64,80)(H2,65,85)(H,66,91)(H,67,90)(H,68,92)(H,69,88)(H,70,81)(H,71,87)(H,72,93)(H,73,86)(H,74,89)(H,75,94)/t32-,33-,34+,35+,36+,37+,38+,39-,42-,43-,44-,45+,46+,47+,48-,49-,50-,51+/m0/s1. The first-order chi connectivity index (χ1) is 44.6. The molecule has 2 rings (SSSR count). The number of nitrogens with zero attached hydrogens (tertiary/aromatic N) is 2. The van der Waals surface area contributed by atoms with E-state index < -0.39 is 229 Å². The summed E-state index contributed by atoms with van der Waals surface area (Å²) < 4.78 is 0. The minimum absolute atomic E-state index is 0.00696. The van der Waals surface area contributed by atoms with Crippen LogP contribution in [0, 0.1) is 29.6 Å². The number of hydrogen-bond donors (Lipinski definition) is 17. The van der Waals surface area contributed by atoms with Gasteiger partial charge in [0.2, 0.25) is 82.7 Å². The summed E-state index contributed by atoms with van der Waals surface area (Å²) in [4.78, 5) is 199. The summed E-state index contributed by atoms with van der Waals surface area (Å²) in [6, 6.07) is -20.0. The van der Waals surface area contributed by atoms with Gasteiger partial charge in [-0.15, -0.1) is 0 Å². The largest absolute Gasteiger partial charge is 0.391 e. The minimum Gasteiger partial charge on any atom is -0.391 e. The number of carbonyl (C=O) groups excluding carboxylic acids is 14. The van der Waals surface area contributed by atoms with E-state index in [9.17, 15) is 92.7 Å². The van der Waals surface area contributed by atoms with Crippen molar-refractivity contribution < 1.29 is 92.7 Å². The van der Waals surface area contributed by atoms with Crippen molar-refractivity contribution in [3.63, 3.8) is 0 Å². The van der Waals surface area contributed by atoms with E-state index in [0.29, 0.717) is 12.8 Å². The Balaban J connectivity index is 2.97. The Morgan fingerprint density at radius 2 is 1.02 bits per heavy atom. The van der Waals surface area contributed by atoms with Crippen molar-refractivity contribution >= 4 is 82.7 Å². The van der Waals surface area contributed by atoms with Crippen molar-refractivity contribution in [2.24, 2.45) is 41.1 Å². The zero-order valence-electron chi connectivity index (χ0n) is 58.2. The lowest BCUT2D eigenvalue weighted by atomic mass is 9.94. The number of unbranched alkanes of at least 4 members (excludes halogenated alkanes) is 2. The van der Waals surface area contributed by atoms with Crippen LogP contribution in [0.3, 0.4) is 0 Å². The van der Waals surface area contributed by atoms with Gasteiger partial charge in [0.15, 0.2) is 6.10 Å². The van der Waals surface area contributed by atoms with E-state index in [1.54, 1.807) is 34.6 Å². The summed E-state index contributed by atoms with van der Waals surface area (Å²) in [7, 11) is 1.11. The van der Waals surface area contributed by atoms with Gasteiger partial charge in [-0.2, -0.15) is 0 Å². The average molecular weight is 1370 g/mol. The maximum atomic E-state index is 14.7. The molecule has 2 heterocycles. The summed E-state index contributed by atoms with van der Waals surface area (Å²) in [6.45, 7) is 21.0. The van der Waals surface area contributed by atoms with Crippen molar-refractivity contribution in [2.75, 3.05) is 13.6 Å². The quantitative estimate of drug-likeness (QED) is 0.0510. The summed E-state index contributed by atoms with van der Waals surface area (Å²) in [5.74, 6) is -18.7. The van der Waals surface area contributed by atoms with Crippen LogP contribution in [0.15, 0.2) is 0 Å². The van der Waals surface area contributed by atoms with Crippen molar-refractivity contribution in [1.29, 1.82) is 0 Å². The number of amides is 14. The van der Waals surface area contributed by atoms with Crippen LogP contribution in [0.5, 0.6) is 0 Å². The molecule has 0 aromatic carbocycles. The van der Waals surface area contributed by atoms with E-state index in [4.69, 9.17) is 11.5 Å². The van der Waals surface area contributed by atoms with Crippen molar-refractivity contribution in [1.82, 2.24) is 63.0 Å². The van der Waals surface area contributed by atoms with Crippen molar-refractivity contribution in [2.45, 2.75) is 271 Å². The Kier molecular flexibility index (Phi) is 34.8. The maximum absolute atomic E-state index is 14.7. The van der Waals surface area contributed by atoms with E-state index in [1.807, 2.05) is 6.92 Å². The lowest BCUT2D eigenvalue weighted by molar-refractivity contribution is -0.148. The number of primary amides is 2. The molecular weight excluding hydrogens is 1260 g/mol. The monoisotopic (exact) mass is 1370 g/mol. The van der Waals surface area contributed by atoms with Gasteiger partial charge in [-0.05, 0) is 82.5 Å². The maximum Gasteiger partial charge on any atom is 0.248 e. The molecule has 19 N–H and O–H groups in total. The molecule has 33 heteroatoms. The number of rotatable bonds is 20. The van der Waals surface area contributed by atoms with Gasteiger partial charge in [-0.1, -0.05) is 102 Å². The minimum atomic E-state index is -2.56. The molecule has 33 nitrogen and oxygen atoms in total. The SMILES string of the molecule is CCCCC[C@@H]1CC(=O)N[C@@H](C(C)C)C(=O)N[C@H]([C@@H](O)C(C)C)C(=O)N[C@@H](C)C(=O)N[C@H]([C@@H](O)C(C)C)C(=O)N[C@H](CCC(N)=O)C(=O)N(C)[C@@H]([C@@H](C)CC)C(=O)N[C@H]([C@@H](O)C(N)=O)C(=O)N[C@@H]([C@@H](C)O)C(=O)N2CCC[C@H]2C(=O)N[C@H](CC(C)C)C(=O)N[C@@H]([C@@H](C)O)C(=O)N1. The Bertz CT molecular complexity index is 2710. The number of aliphatic hydroxyl groups is 5. The molecule has 18 atom stereocenters. The molecule has 0 bridgehead atoms. The Hall–Kier alpha value is -7.62. The first-order valence-electron chi connectivity index (χ1n) is 33.2. The number of aliphatic hydroxyl groups excluding tert-OH is 5. The number of hydrogen-bond acceptors (Lipinski definition) is 19. The van der Waals surface area contributed by atoms with E-state index in [1.165, 1.54) is 48.5 Å². The fourth-order valence-electron chi connectivity index (χ4n) is 11.1. The number of fused-ring (bicyclic) bond motifs is 1. The van der Waals surface area contributed by atoms with Crippen LogP contribution in [0.4, 0.5) is 0 Å². The molecule has 0 aromatic rings. The van der Waals surface area contributed by atoms with Gasteiger partial charge in [-0.25, -0.2) is 0 Å². The van der Waals surface area contributed by atoms with Crippen molar-refractivity contribution in [3.05, 3.63) is 0 Å². The lowest BCUT2D eigenvalue weighted by Crippen LogP contribution is -2.65. The summed E-state index contributed by atoms with van der Waals surface area (Å²) in [5.41, 5.74) is 11.0. The highest BCUT2D eigenvalue weighted by molar-refractivity contribution is 6.01. The van der Waals surface area contributed by atoms with Crippen LogP contribution in [0.2, 0.25) is 0 Å². The molecule has 0 aromatic heterocycles. The number of carbonyl (C=O) groups is 14. The van der Waals surface area contributed by atoms with E-state index in [0.717, 1.165) is 30.2 Å². The summed E-state index contributed by atoms with van der Waals surface area (Å²) in [6.07, 6.45) is -8.53. The number of likely N-dealkylation sites (N-methyl/N-ethyl adjacent to an activating group) is 1. The van der Waals surface area contributed by atoms with Gasteiger partial charge in [-0.3, -0.25) is 67.1 Å². The van der Waals surface area contributed by atoms with Crippen LogP contribution in [0.25, 0.3) is 0 Å². The molecule has 14 amide bonds. The molecule has 0 saturated carbocycles. The van der Waals surface area contributed by atoms with Crippen LogP contribution in [-0.2, 0) is 67.1 Å². The number of nitrogens with one attached hydrogen (secondary N) is 10. The lowest BCUT2D eigenvalue weighted by Gasteiger charge is -2.36. The van der Waals surface area contributed by atoms with Gasteiger partial charge in [0.25, 0.3) is 0 Å². The number of nitrogens with two attached hydrogens (primary N) is 2. The predicted octanol–water partition coefficient (Wildman–Crippen LogP) is -4.69. The molecular formula is C63H110N14O19. The zero-order chi connectivity index (χ0) is 73.5. The van der Waals surface area contributed by atoms with Crippen LogP contribution in [-0.4, -0.2) is 235 Å². The molecule has 0 aliphatic carbocycles. The second kappa shape index (κ2) is 39.6. The van der Waals surface area contributed by atoms with Gasteiger partial charge in [0.05, 0.1) is 24.4 Å². The van der Waals surface area contributed by atoms with Crippen molar-refractivity contribution in [3.8, 4) is 0 Å². The second-order valence-corrected chi connectivity index (χ2v) is 26.9. The molecule has 546 valence electrons. The second-order valence-electron chi connectivity index (χ2n) is 26.9. The highest BCUT2D eigenvalue weighted by atomic mass is 16.3. The predicted molar refractivity (Wildman–Crippen MR) is 347 cm³/mol. The van der Waals surface area contributed by atoms with E-state index >= 15 is 0 Å². The summed E-state index contributed by atoms with van der Waals surface area (Å²) in [5, 5.41) is 80.8. The topological polar surface area (TPSA) is 519 Å². The highest BCUT2D eigenvalue weighted by Gasteiger charge is 2.46. The third-order valence-corrected chi connectivity index (χ3v) is 17.1. The molecule has 0 radical (unpaired) electrons. The van der Waals surface area contributed by atoms with Crippen LogP contribution in [0.1, 0.15) is 168 Å². The molecule has 96 heavy (non-hydrogen) atoms. The third-order valence-electron chi connectivity index (χ3n) is 17.1. The van der Waals surface area contributed by atoms with E-state index in [-0.39, 0.29) is 44.6 Å². The Labute approximate surface area is 561 Å². The van der Waals surface area contributed by atoms with Crippen LogP contribution < -0.4 is 64.6 Å². The first kappa shape index (κ1) is 84.5. The fourth-order valence-corrected chi connectivity index (χ4v) is 11.1. The molecule has 2 fully saturated rings. The molecule has 2 aliphatic rings. The Morgan fingerprint density at radius 3 is 1.52 bits per heavy atom. The van der Waals surface area contributed by atoms with Crippen LogP contribution >= 0.6 is 0 Å². The van der Waals surface area contributed by atoms with Gasteiger partial charge >= 0.3 is 0 Å². The zero-order valence-corrected chi connectivity index (χ0v) is 58.2. The first-order valence-corrected chi connectivity index (χ1v) is 33.2. The summed E-state index contributed by atoms with van der Waals surface area (Å²) >= 11 is 0.